The van der Waals surface area contributed by atoms with Gasteiger partial charge >= 0.3 is 5.97 Å². The van der Waals surface area contributed by atoms with Crippen LogP contribution in [0.4, 0.5) is 0 Å². The Balaban J connectivity index is 2.22. The van der Waals surface area contributed by atoms with Gasteiger partial charge in [0.15, 0.2) is 5.88 Å². The smallest absolute Gasteiger partial charge is 0.339 e. The molecule has 0 aliphatic carbocycles. The molecule has 134 valence electrons. The summed E-state index contributed by atoms with van der Waals surface area (Å²) in [6, 6.07) is 7.58. The molecule has 26 heavy (non-hydrogen) atoms. The van der Waals surface area contributed by atoms with Crippen molar-refractivity contribution in [3.63, 3.8) is 0 Å². The average molecular weight is 352 g/mol. The van der Waals surface area contributed by atoms with E-state index < -0.39 is 5.97 Å². The Morgan fingerprint density at radius 1 is 1.35 bits per heavy atom. The molecule has 0 atom stereocenters. The molecule has 2 aromatic heterocycles. The highest BCUT2D eigenvalue weighted by molar-refractivity contribution is 5.99. The summed E-state index contributed by atoms with van der Waals surface area (Å²) < 4.78 is 6.50. The molecule has 0 fully saturated rings. The van der Waals surface area contributed by atoms with Gasteiger partial charge in [-0.2, -0.15) is 5.11 Å². The Kier molecular flexibility index (Phi) is 4.38. The van der Waals surface area contributed by atoms with E-state index in [1.807, 2.05) is 24.3 Å². The number of hydrogen-bond donors (Lipinski definition) is 3. The van der Waals surface area contributed by atoms with Crippen molar-refractivity contribution in [2.24, 2.45) is 12.2 Å². The van der Waals surface area contributed by atoms with Crippen LogP contribution in [0.2, 0.25) is 0 Å². The van der Waals surface area contributed by atoms with Crippen molar-refractivity contribution in [1.82, 2.24) is 9.55 Å². The summed E-state index contributed by atoms with van der Waals surface area (Å²) in [6.07, 6.45) is 1.64. The Morgan fingerprint density at radius 3 is 2.69 bits per heavy atom. The van der Waals surface area contributed by atoms with E-state index in [9.17, 15) is 9.90 Å². The van der Waals surface area contributed by atoms with Crippen molar-refractivity contribution in [1.29, 1.82) is 5.53 Å². The van der Waals surface area contributed by atoms with Crippen molar-refractivity contribution in [3.8, 4) is 5.88 Å². The third-order valence-corrected chi connectivity index (χ3v) is 4.60. The van der Waals surface area contributed by atoms with E-state index >= 15 is 0 Å². The van der Waals surface area contributed by atoms with Gasteiger partial charge in [-0.1, -0.05) is 18.2 Å². The zero-order valence-electron chi connectivity index (χ0n) is 15.0. The molecule has 2 heterocycles. The topological polar surface area (TPSA) is 103 Å². The maximum absolute atomic E-state index is 12.0. The summed E-state index contributed by atoms with van der Waals surface area (Å²) in [7, 11) is 3.10. The minimum Gasteiger partial charge on any atom is -0.494 e. The Labute approximate surface area is 150 Å². The number of aromatic hydroxyl groups is 1. The molecule has 0 saturated heterocycles. The predicted molar refractivity (Wildman–Crippen MR) is 99.2 cm³/mol. The number of aromatic amines is 1. The van der Waals surface area contributed by atoms with Crippen LogP contribution < -0.4 is 0 Å². The molecule has 0 aliphatic rings. The lowest BCUT2D eigenvalue weighted by molar-refractivity contribution is 0.0599. The number of carbonyl (C=O) groups excluding carboxylic acids is 1. The molecular weight excluding hydrogens is 332 g/mol. The molecule has 0 bridgehead atoms. The quantitative estimate of drug-likeness (QED) is 0.485. The van der Waals surface area contributed by atoms with Crippen LogP contribution in [-0.2, 0) is 11.8 Å². The van der Waals surface area contributed by atoms with Gasteiger partial charge in [-0.25, -0.2) is 10.3 Å². The lowest BCUT2D eigenvalue weighted by Crippen LogP contribution is -2.03. The lowest BCUT2D eigenvalue weighted by atomic mass is 10.1. The number of hydrogen-bond acceptors (Lipinski definition) is 5. The fourth-order valence-electron chi connectivity index (χ4n) is 3.26. The minimum atomic E-state index is -0.445. The van der Waals surface area contributed by atoms with E-state index in [0.29, 0.717) is 33.8 Å². The van der Waals surface area contributed by atoms with Crippen molar-refractivity contribution in [3.05, 3.63) is 52.3 Å². The van der Waals surface area contributed by atoms with Crippen molar-refractivity contribution >= 4 is 28.6 Å². The van der Waals surface area contributed by atoms with Gasteiger partial charge in [0, 0.05) is 23.7 Å². The lowest BCUT2D eigenvalue weighted by Gasteiger charge is -2.02. The largest absolute Gasteiger partial charge is 0.494 e. The van der Waals surface area contributed by atoms with Crippen LogP contribution in [-0.4, -0.2) is 27.7 Å². The summed E-state index contributed by atoms with van der Waals surface area (Å²) in [5.41, 5.74) is 11.6. The van der Waals surface area contributed by atoms with Gasteiger partial charge in [0.05, 0.1) is 23.9 Å². The number of aryl methyl sites for hydroxylation is 2. The summed E-state index contributed by atoms with van der Waals surface area (Å²) in [6.45, 7) is 3.53. The summed E-state index contributed by atoms with van der Waals surface area (Å²) >= 11 is 0. The molecule has 0 unspecified atom stereocenters. The molecule has 0 aliphatic heterocycles. The van der Waals surface area contributed by atoms with Crippen LogP contribution in [0.5, 0.6) is 5.88 Å². The van der Waals surface area contributed by atoms with Crippen molar-refractivity contribution < 1.29 is 14.6 Å². The first-order valence-electron chi connectivity index (χ1n) is 8.04. The van der Waals surface area contributed by atoms with Crippen LogP contribution in [0, 0.1) is 19.4 Å². The number of nitrogens with one attached hydrogen (secondary N) is 2. The fraction of sp³-hybridized carbons (Fsp3) is 0.211. The van der Waals surface area contributed by atoms with E-state index in [-0.39, 0.29) is 5.88 Å². The zero-order valence-corrected chi connectivity index (χ0v) is 15.0. The number of benzene rings is 1. The minimum absolute atomic E-state index is 0.0847. The second-order valence-corrected chi connectivity index (χ2v) is 6.07. The first kappa shape index (κ1) is 17.5. The third-order valence-electron chi connectivity index (χ3n) is 4.60. The highest BCUT2D eigenvalue weighted by atomic mass is 16.5. The number of H-pyrrole nitrogens is 1. The number of nitrogens with zero attached hydrogens (tertiary/aromatic N) is 2. The Hall–Kier alpha value is -3.35. The summed E-state index contributed by atoms with van der Waals surface area (Å²) in [5, 5.41) is 15.0. The van der Waals surface area contributed by atoms with E-state index in [1.165, 1.54) is 7.11 Å². The average Bonchev–Trinajstić information content (AvgIpc) is 3.07. The second kappa shape index (κ2) is 6.51. The fourth-order valence-corrected chi connectivity index (χ4v) is 3.26. The van der Waals surface area contributed by atoms with E-state index in [1.54, 1.807) is 31.5 Å². The molecule has 1 aromatic carbocycles. The molecule has 7 heteroatoms. The number of carbonyl (C=O) groups is 1. The van der Waals surface area contributed by atoms with Crippen molar-refractivity contribution in [2.45, 2.75) is 13.8 Å². The number of ether oxygens (including phenoxy) is 1. The number of esters is 1. The highest BCUT2D eigenvalue weighted by Gasteiger charge is 2.21. The maximum Gasteiger partial charge on any atom is 0.339 e. The summed E-state index contributed by atoms with van der Waals surface area (Å²) in [4.78, 5) is 15.1. The standard InChI is InChI=1S/C19H20N4O3/c1-10-16(19(25)26-4)11(2)21-17(10)14(22-20)9-13-12-7-5-6-8-15(12)23(3)18(13)24/h5-9,20-21,24H,1-4H3. The molecule has 3 N–H and O–H groups in total. The number of methoxy groups -OCH3 is 1. The molecule has 3 aromatic rings. The van der Waals surface area contributed by atoms with Crippen LogP contribution in [0.15, 0.2) is 29.4 Å². The van der Waals surface area contributed by atoms with Gasteiger partial charge in [0.2, 0.25) is 0 Å². The van der Waals surface area contributed by atoms with Crippen LogP contribution in [0.25, 0.3) is 22.7 Å². The number of aromatic nitrogens is 2. The summed E-state index contributed by atoms with van der Waals surface area (Å²) in [5.74, 6) is -0.360. The van der Waals surface area contributed by atoms with Crippen LogP contribution >= 0.6 is 0 Å². The number of para-hydroxylation sites is 1. The molecule has 0 spiro atoms. The molecule has 0 radical (unpaired) electrons. The highest BCUT2D eigenvalue weighted by Crippen LogP contribution is 2.35. The van der Waals surface area contributed by atoms with Gasteiger partial charge in [-0.3, -0.25) is 0 Å². The first-order chi connectivity index (χ1) is 12.4. The molecule has 0 amide bonds. The predicted octanol–water partition coefficient (Wildman–Crippen LogP) is 4.14. The van der Waals surface area contributed by atoms with Gasteiger partial charge in [0.25, 0.3) is 0 Å². The molecule has 0 saturated carbocycles. The second-order valence-electron chi connectivity index (χ2n) is 6.07. The Morgan fingerprint density at radius 2 is 2.04 bits per heavy atom. The zero-order chi connectivity index (χ0) is 19.0. The normalized spacial score (nSPS) is 11.8. The van der Waals surface area contributed by atoms with Gasteiger partial charge < -0.3 is 19.4 Å². The van der Waals surface area contributed by atoms with Crippen LogP contribution in [0.3, 0.4) is 0 Å². The SMILES string of the molecule is COC(=O)c1c(C)[nH]c(C(=Cc2c(O)n(C)c3ccccc23)N=N)c1C. The number of fused-ring (bicyclic) bond motifs is 1. The van der Waals surface area contributed by atoms with Gasteiger partial charge in [-0.05, 0) is 31.6 Å². The molecular formula is C19H20N4O3. The first-order valence-corrected chi connectivity index (χ1v) is 8.04. The third kappa shape index (κ3) is 2.57. The van der Waals surface area contributed by atoms with E-state index in [2.05, 4.69) is 10.1 Å². The Bertz CT molecular complexity index is 1060. The van der Waals surface area contributed by atoms with Crippen LogP contribution in [0.1, 0.15) is 32.9 Å². The maximum atomic E-state index is 12.0. The van der Waals surface area contributed by atoms with Gasteiger partial charge in [-0.15, -0.1) is 0 Å². The molecule has 3 rings (SSSR count). The van der Waals surface area contributed by atoms with Gasteiger partial charge in [0.1, 0.15) is 5.70 Å². The number of rotatable bonds is 4. The molecule has 7 nitrogen and oxygen atoms in total. The monoisotopic (exact) mass is 352 g/mol. The van der Waals surface area contributed by atoms with E-state index in [4.69, 9.17) is 10.3 Å². The van der Waals surface area contributed by atoms with Crippen molar-refractivity contribution in [2.75, 3.05) is 7.11 Å². The van der Waals surface area contributed by atoms with E-state index in [0.717, 1.165) is 10.9 Å².